The van der Waals surface area contributed by atoms with Gasteiger partial charge in [-0.25, -0.2) is 0 Å². The molecule has 2 heterocycles. The molecular weight excluding hydrogens is 340 g/mol. The summed E-state index contributed by atoms with van der Waals surface area (Å²) in [5.74, 6) is -0.0591. The number of para-hydroxylation sites is 1. The van der Waals surface area contributed by atoms with Crippen LogP contribution in [0.4, 0.5) is 5.69 Å². The molecular formula is C21H32N4O2. The maximum absolute atomic E-state index is 12.3. The van der Waals surface area contributed by atoms with Crippen LogP contribution in [0.15, 0.2) is 30.3 Å². The number of rotatable bonds is 7. The molecule has 0 spiro atoms. The lowest BCUT2D eigenvalue weighted by Crippen LogP contribution is -2.47. The van der Waals surface area contributed by atoms with Gasteiger partial charge in [-0.05, 0) is 38.9 Å². The van der Waals surface area contributed by atoms with Gasteiger partial charge in [0.15, 0.2) is 0 Å². The highest BCUT2D eigenvalue weighted by Crippen LogP contribution is 2.20. The Kier molecular flexibility index (Phi) is 6.72. The van der Waals surface area contributed by atoms with Gasteiger partial charge in [0.2, 0.25) is 11.8 Å². The fourth-order valence-corrected chi connectivity index (χ4v) is 3.93. The molecule has 0 aliphatic carbocycles. The number of hydrogen-bond donors (Lipinski definition) is 1. The van der Waals surface area contributed by atoms with Crippen molar-refractivity contribution in [3.8, 4) is 0 Å². The maximum atomic E-state index is 12.3. The van der Waals surface area contributed by atoms with Gasteiger partial charge < -0.3 is 15.1 Å². The number of carbonyl (C=O) groups excluding carboxylic acids is 2. The molecule has 3 rings (SSSR count). The van der Waals surface area contributed by atoms with Crippen LogP contribution in [0.3, 0.4) is 0 Å². The van der Waals surface area contributed by atoms with E-state index in [4.69, 9.17) is 0 Å². The third-order valence-electron chi connectivity index (χ3n) is 5.60. The summed E-state index contributed by atoms with van der Waals surface area (Å²) in [4.78, 5) is 30.9. The quantitative estimate of drug-likeness (QED) is 0.739. The molecule has 1 N–H and O–H groups in total. The molecule has 6 nitrogen and oxygen atoms in total. The molecule has 2 fully saturated rings. The first kappa shape index (κ1) is 19.7. The largest absolute Gasteiger partial charge is 0.369 e. The first-order valence-corrected chi connectivity index (χ1v) is 10.1. The van der Waals surface area contributed by atoms with Crippen molar-refractivity contribution < 1.29 is 9.59 Å². The Morgan fingerprint density at radius 2 is 1.85 bits per heavy atom. The fourth-order valence-electron chi connectivity index (χ4n) is 3.93. The SMILES string of the molecule is CC(C)N1CC(C(=O)NCCCN2CCN(c3ccccc3)CC2)CC1=O. The van der Waals surface area contributed by atoms with E-state index in [-0.39, 0.29) is 23.8 Å². The highest BCUT2D eigenvalue weighted by atomic mass is 16.2. The first-order valence-electron chi connectivity index (χ1n) is 10.1. The molecule has 2 aliphatic rings. The van der Waals surface area contributed by atoms with Crippen molar-refractivity contribution in [3.63, 3.8) is 0 Å². The molecule has 27 heavy (non-hydrogen) atoms. The number of nitrogens with one attached hydrogen (secondary N) is 1. The molecule has 6 heteroatoms. The maximum Gasteiger partial charge on any atom is 0.225 e. The lowest BCUT2D eigenvalue weighted by atomic mass is 10.1. The Labute approximate surface area is 162 Å². The number of nitrogens with zero attached hydrogens (tertiary/aromatic N) is 3. The van der Waals surface area contributed by atoms with Crippen LogP contribution in [-0.4, -0.2) is 73.5 Å². The van der Waals surface area contributed by atoms with Crippen molar-refractivity contribution in [2.75, 3.05) is 50.7 Å². The molecule has 0 bridgehead atoms. The van der Waals surface area contributed by atoms with Crippen LogP contribution in [0.25, 0.3) is 0 Å². The smallest absolute Gasteiger partial charge is 0.225 e. The summed E-state index contributed by atoms with van der Waals surface area (Å²) in [6.07, 6.45) is 1.30. The van der Waals surface area contributed by atoms with E-state index in [1.54, 1.807) is 4.90 Å². The fraction of sp³-hybridized carbons (Fsp3) is 0.619. The minimum Gasteiger partial charge on any atom is -0.369 e. The molecule has 1 unspecified atom stereocenters. The van der Waals surface area contributed by atoms with Gasteiger partial charge in [0.25, 0.3) is 0 Å². The number of benzene rings is 1. The number of piperazine rings is 1. The van der Waals surface area contributed by atoms with Crippen LogP contribution in [0.2, 0.25) is 0 Å². The summed E-state index contributed by atoms with van der Waals surface area (Å²) in [7, 11) is 0. The molecule has 0 radical (unpaired) electrons. The topological polar surface area (TPSA) is 55.9 Å². The second-order valence-electron chi connectivity index (χ2n) is 7.85. The molecule has 0 aromatic heterocycles. The average molecular weight is 373 g/mol. The summed E-state index contributed by atoms with van der Waals surface area (Å²) in [5.41, 5.74) is 1.30. The minimum atomic E-state index is -0.186. The van der Waals surface area contributed by atoms with Crippen LogP contribution in [0, 0.1) is 5.92 Å². The van der Waals surface area contributed by atoms with Gasteiger partial charge in [0.1, 0.15) is 0 Å². The first-order chi connectivity index (χ1) is 13.0. The van der Waals surface area contributed by atoms with E-state index in [0.717, 1.165) is 39.1 Å². The standard InChI is InChI=1S/C21H32N4O2/c1-17(2)25-16-18(15-20(25)26)21(27)22-9-6-10-23-11-13-24(14-12-23)19-7-4-3-5-8-19/h3-5,7-8,17-18H,6,9-16H2,1-2H3,(H,22,27). The molecule has 148 valence electrons. The molecule has 0 saturated carbocycles. The Bertz CT molecular complexity index is 626. The molecule has 1 atom stereocenters. The summed E-state index contributed by atoms with van der Waals surface area (Å²) in [5, 5.41) is 3.02. The van der Waals surface area contributed by atoms with Crippen molar-refractivity contribution in [1.82, 2.24) is 15.1 Å². The van der Waals surface area contributed by atoms with Crippen molar-refractivity contribution >= 4 is 17.5 Å². The summed E-state index contributed by atoms with van der Waals surface area (Å²) >= 11 is 0. The zero-order valence-electron chi connectivity index (χ0n) is 16.6. The third-order valence-corrected chi connectivity index (χ3v) is 5.60. The number of likely N-dealkylation sites (tertiary alicyclic amines) is 1. The van der Waals surface area contributed by atoms with Crippen molar-refractivity contribution in [2.24, 2.45) is 5.92 Å². The number of amides is 2. The Morgan fingerprint density at radius 3 is 2.48 bits per heavy atom. The van der Waals surface area contributed by atoms with E-state index < -0.39 is 0 Å². The second-order valence-corrected chi connectivity index (χ2v) is 7.85. The predicted molar refractivity (Wildman–Crippen MR) is 108 cm³/mol. The number of hydrogen-bond acceptors (Lipinski definition) is 4. The van der Waals surface area contributed by atoms with Gasteiger partial charge in [0, 0.05) is 57.4 Å². The van der Waals surface area contributed by atoms with Crippen LogP contribution < -0.4 is 10.2 Å². The van der Waals surface area contributed by atoms with Crippen molar-refractivity contribution in [3.05, 3.63) is 30.3 Å². The average Bonchev–Trinajstić information content (AvgIpc) is 3.08. The lowest BCUT2D eigenvalue weighted by molar-refractivity contribution is -0.129. The second kappa shape index (κ2) is 9.22. The Morgan fingerprint density at radius 1 is 1.15 bits per heavy atom. The van der Waals surface area contributed by atoms with E-state index >= 15 is 0 Å². The van der Waals surface area contributed by atoms with E-state index in [1.165, 1.54) is 5.69 Å². The van der Waals surface area contributed by atoms with Gasteiger partial charge in [-0.1, -0.05) is 18.2 Å². The van der Waals surface area contributed by atoms with Gasteiger partial charge in [0.05, 0.1) is 5.92 Å². The number of anilines is 1. The zero-order valence-corrected chi connectivity index (χ0v) is 16.6. The normalized spacial score (nSPS) is 21.1. The van der Waals surface area contributed by atoms with Gasteiger partial charge >= 0.3 is 0 Å². The molecule has 1 aromatic rings. The summed E-state index contributed by atoms with van der Waals surface area (Å²) in [6.45, 7) is 10.5. The minimum absolute atomic E-state index is 0.0281. The molecule has 2 aliphatic heterocycles. The van der Waals surface area contributed by atoms with Crippen molar-refractivity contribution in [2.45, 2.75) is 32.7 Å². The summed E-state index contributed by atoms with van der Waals surface area (Å²) < 4.78 is 0. The van der Waals surface area contributed by atoms with Gasteiger partial charge in [-0.3, -0.25) is 14.5 Å². The highest BCUT2D eigenvalue weighted by Gasteiger charge is 2.35. The Hall–Kier alpha value is -2.08. The van der Waals surface area contributed by atoms with E-state index in [9.17, 15) is 9.59 Å². The van der Waals surface area contributed by atoms with Crippen LogP contribution in [0.5, 0.6) is 0 Å². The zero-order chi connectivity index (χ0) is 19.2. The lowest BCUT2D eigenvalue weighted by Gasteiger charge is -2.36. The van der Waals surface area contributed by atoms with Crippen molar-refractivity contribution in [1.29, 1.82) is 0 Å². The van der Waals surface area contributed by atoms with E-state index in [0.29, 0.717) is 19.5 Å². The van der Waals surface area contributed by atoms with E-state index in [2.05, 4.69) is 45.4 Å². The Balaban J connectivity index is 1.31. The van der Waals surface area contributed by atoms with E-state index in [1.807, 2.05) is 13.8 Å². The molecule has 2 amide bonds. The third kappa shape index (κ3) is 5.22. The highest BCUT2D eigenvalue weighted by molar-refractivity contribution is 5.89. The molecule has 1 aromatic carbocycles. The van der Waals surface area contributed by atoms with Gasteiger partial charge in [-0.2, -0.15) is 0 Å². The predicted octanol–water partition coefficient (Wildman–Crippen LogP) is 1.57. The molecule has 2 saturated heterocycles. The summed E-state index contributed by atoms with van der Waals surface area (Å²) in [6, 6.07) is 10.7. The van der Waals surface area contributed by atoms with Crippen LogP contribution in [-0.2, 0) is 9.59 Å². The monoisotopic (exact) mass is 372 g/mol. The number of carbonyl (C=O) groups is 2. The van der Waals surface area contributed by atoms with Gasteiger partial charge in [-0.15, -0.1) is 0 Å². The van der Waals surface area contributed by atoms with Crippen LogP contribution in [0.1, 0.15) is 26.7 Å². The van der Waals surface area contributed by atoms with Crippen LogP contribution >= 0.6 is 0 Å².